The van der Waals surface area contributed by atoms with Gasteiger partial charge < -0.3 is 25.3 Å². The molecule has 1 heterocycles. The molecule has 0 aliphatic heterocycles. The highest BCUT2D eigenvalue weighted by Crippen LogP contribution is 2.27. The molecule has 3 rings (SSSR count). The summed E-state index contributed by atoms with van der Waals surface area (Å²) in [5.41, 5.74) is 3.07. The first-order valence-corrected chi connectivity index (χ1v) is 13.5. The Labute approximate surface area is 223 Å². The SMILES string of the molecule is O=C(O)C(F)(F)F.O=c1[nH]c2c(O)ccc(CCNCCCCCCOCCCCc3ccccc3)c2s1. The molecule has 0 atom stereocenters. The number of carbonyl (C=O) groups is 1. The Kier molecular flexibility index (Phi) is 13.9. The Morgan fingerprint density at radius 1 is 0.921 bits per heavy atom. The molecule has 0 saturated carbocycles. The number of rotatable bonds is 15. The second-order valence-electron chi connectivity index (χ2n) is 8.73. The predicted molar refractivity (Wildman–Crippen MR) is 143 cm³/mol. The third-order valence-electron chi connectivity index (χ3n) is 5.69. The summed E-state index contributed by atoms with van der Waals surface area (Å²) in [5.74, 6) is -2.62. The number of nitrogens with one attached hydrogen (secondary N) is 2. The van der Waals surface area contributed by atoms with Crippen molar-refractivity contribution in [3.05, 3.63) is 63.3 Å². The van der Waals surface area contributed by atoms with Crippen LogP contribution in [0.4, 0.5) is 13.2 Å². The van der Waals surface area contributed by atoms with Gasteiger partial charge in [-0.05, 0) is 68.8 Å². The van der Waals surface area contributed by atoms with Gasteiger partial charge in [-0.1, -0.05) is 60.6 Å². The van der Waals surface area contributed by atoms with E-state index >= 15 is 0 Å². The normalized spacial score (nSPS) is 11.3. The van der Waals surface area contributed by atoms with Gasteiger partial charge >= 0.3 is 17.0 Å². The largest absolute Gasteiger partial charge is 0.506 e. The molecule has 1 aromatic heterocycles. The summed E-state index contributed by atoms with van der Waals surface area (Å²) in [6.45, 7) is 3.62. The molecule has 0 unspecified atom stereocenters. The maximum absolute atomic E-state index is 11.6. The molecule has 210 valence electrons. The van der Waals surface area contributed by atoms with Crippen LogP contribution in [0.3, 0.4) is 0 Å². The minimum atomic E-state index is -5.08. The number of phenolic OH excluding ortho intramolecular Hbond substituents is 1. The van der Waals surface area contributed by atoms with Crippen LogP contribution in [0, 0.1) is 0 Å². The molecule has 0 aliphatic carbocycles. The second kappa shape index (κ2) is 16.8. The lowest BCUT2D eigenvalue weighted by Gasteiger charge is -2.07. The van der Waals surface area contributed by atoms with Crippen LogP contribution in [0.5, 0.6) is 5.75 Å². The molecule has 4 N–H and O–H groups in total. The lowest BCUT2D eigenvalue weighted by Crippen LogP contribution is -2.21. The van der Waals surface area contributed by atoms with E-state index in [2.05, 4.69) is 40.6 Å². The number of alkyl halides is 3. The zero-order valence-electron chi connectivity index (χ0n) is 21.2. The van der Waals surface area contributed by atoms with Gasteiger partial charge in [0.15, 0.2) is 0 Å². The van der Waals surface area contributed by atoms with Crippen molar-refractivity contribution in [3.63, 3.8) is 0 Å². The molecule has 7 nitrogen and oxygen atoms in total. The molecule has 0 amide bonds. The Morgan fingerprint density at radius 2 is 1.58 bits per heavy atom. The summed E-state index contributed by atoms with van der Waals surface area (Å²) in [7, 11) is 0. The van der Waals surface area contributed by atoms with Crippen LogP contribution in [0.2, 0.25) is 0 Å². The van der Waals surface area contributed by atoms with Crippen LogP contribution in [-0.2, 0) is 22.4 Å². The summed E-state index contributed by atoms with van der Waals surface area (Å²) in [6.07, 6.45) is 3.95. The number of benzene rings is 2. The number of hydrogen-bond donors (Lipinski definition) is 4. The van der Waals surface area contributed by atoms with E-state index in [1.165, 1.54) is 42.6 Å². The van der Waals surface area contributed by atoms with Crippen LogP contribution in [0.15, 0.2) is 47.3 Å². The number of aromatic hydroxyl groups is 1. The topological polar surface area (TPSA) is 112 Å². The van der Waals surface area contributed by atoms with Gasteiger partial charge in [-0.2, -0.15) is 13.2 Å². The van der Waals surface area contributed by atoms with E-state index in [0.29, 0.717) is 5.52 Å². The summed E-state index contributed by atoms with van der Waals surface area (Å²) in [6, 6.07) is 14.2. The van der Waals surface area contributed by atoms with Crippen molar-refractivity contribution in [1.82, 2.24) is 10.3 Å². The van der Waals surface area contributed by atoms with Gasteiger partial charge in [0.2, 0.25) is 0 Å². The number of H-pyrrole nitrogens is 1. The number of aromatic nitrogens is 1. The summed E-state index contributed by atoms with van der Waals surface area (Å²) < 4.78 is 38.4. The minimum Gasteiger partial charge on any atom is -0.506 e. The van der Waals surface area contributed by atoms with E-state index in [-0.39, 0.29) is 10.6 Å². The fourth-order valence-corrected chi connectivity index (χ4v) is 4.60. The van der Waals surface area contributed by atoms with Crippen LogP contribution in [-0.4, -0.2) is 53.6 Å². The maximum Gasteiger partial charge on any atom is 0.490 e. The Bertz CT molecular complexity index is 1150. The average Bonchev–Trinajstić information content (AvgIpc) is 3.28. The first-order chi connectivity index (χ1) is 18.2. The van der Waals surface area contributed by atoms with Gasteiger partial charge in [0.25, 0.3) is 0 Å². The maximum atomic E-state index is 11.6. The van der Waals surface area contributed by atoms with Crippen molar-refractivity contribution >= 4 is 27.5 Å². The molecule has 11 heteroatoms. The number of phenols is 1. The molecule has 0 fully saturated rings. The smallest absolute Gasteiger partial charge is 0.490 e. The van der Waals surface area contributed by atoms with E-state index in [0.717, 1.165) is 62.2 Å². The van der Waals surface area contributed by atoms with Gasteiger partial charge in [-0.15, -0.1) is 0 Å². The third-order valence-corrected chi connectivity index (χ3v) is 6.65. The van der Waals surface area contributed by atoms with Gasteiger partial charge in [0.05, 0.1) is 4.70 Å². The van der Waals surface area contributed by atoms with Crippen molar-refractivity contribution in [3.8, 4) is 5.75 Å². The van der Waals surface area contributed by atoms with E-state index in [1.807, 2.05) is 6.07 Å². The number of hydrogen-bond acceptors (Lipinski definition) is 6. The van der Waals surface area contributed by atoms with Gasteiger partial charge in [0.1, 0.15) is 11.3 Å². The molecule has 0 bridgehead atoms. The molecule has 0 radical (unpaired) electrons. The van der Waals surface area contributed by atoms with Gasteiger partial charge in [0, 0.05) is 13.2 Å². The van der Waals surface area contributed by atoms with Crippen LogP contribution < -0.4 is 10.2 Å². The van der Waals surface area contributed by atoms with Crippen molar-refractivity contribution in [1.29, 1.82) is 0 Å². The first-order valence-electron chi connectivity index (χ1n) is 12.6. The number of halogens is 3. The Hall–Kier alpha value is -2.89. The Morgan fingerprint density at radius 3 is 2.26 bits per heavy atom. The Balaban J connectivity index is 0.000000638. The zero-order valence-corrected chi connectivity index (χ0v) is 22.0. The van der Waals surface area contributed by atoms with Crippen LogP contribution in [0.1, 0.15) is 49.7 Å². The zero-order chi connectivity index (χ0) is 27.8. The molecule has 0 aliphatic rings. The standard InChI is InChI=1S/C25H34N2O3S.C2HF3O2/c28-22-14-13-21(24-23(22)27-25(29)31-24)15-17-26-16-7-1-2-8-18-30-19-9-6-12-20-10-4-3-5-11-20;3-2(4,5)1(6)7/h3-5,10-11,13-14,26,28H,1-2,6-9,12,15-19H2,(H,27,29);(H,6,7). The number of carboxylic acid groups (broad SMARTS) is 1. The number of aryl methyl sites for hydroxylation is 1. The molecule has 0 saturated heterocycles. The fraction of sp³-hybridized carbons (Fsp3) is 0.481. The second-order valence-corrected chi connectivity index (χ2v) is 9.72. The van der Waals surface area contributed by atoms with Crippen molar-refractivity contribution < 1.29 is 32.9 Å². The van der Waals surface area contributed by atoms with Crippen LogP contribution >= 0.6 is 11.3 Å². The van der Waals surface area contributed by atoms with Crippen molar-refractivity contribution in [2.75, 3.05) is 26.3 Å². The lowest BCUT2D eigenvalue weighted by atomic mass is 10.1. The fourth-order valence-electron chi connectivity index (χ4n) is 3.71. The molecule has 3 aromatic rings. The minimum absolute atomic E-state index is 0.123. The van der Waals surface area contributed by atoms with Crippen molar-refractivity contribution in [2.45, 2.75) is 57.5 Å². The number of carboxylic acids is 1. The number of fused-ring (bicyclic) bond motifs is 1. The van der Waals surface area contributed by atoms with E-state index < -0.39 is 12.1 Å². The highest BCUT2D eigenvalue weighted by Gasteiger charge is 2.38. The molecular formula is C27H35F3N2O5S. The van der Waals surface area contributed by atoms with Crippen molar-refractivity contribution in [2.24, 2.45) is 0 Å². The molecular weight excluding hydrogens is 521 g/mol. The number of unbranched alkanes of at least 4 members (excludes halogenated alkanes) is 4. The molecule has 38 heavy (non-hydrogen) atoms. The molecule has 2 aromatic carbocycles. The highest BCUT2D eigenvalue weighted by molar-refractivity contribution is 7.16. The summed E-state index contributed by atoms with van der Waals surface area (Å²) >= 11 is 1.17. The predicted octanol–water partition coefficient (Wildman–Crippen LogP) is 5.66. The number of thiazole rings is 1. The van der Waals surface area contributed by atoms with E-state index in [9.17, 15) is 23.1 Å². The van der Waals surface area contributed by atoms with Gasteiger partial charge in [-0.25, -0.2) is 4.79 Å². The summed E-state index contributed by atoms with van der Waals surface area (Å²) in [4.78, 5) is 23.0. The quantitative estimate of drug-likeness (QED) is 0.180. The first kappa shape index (κ1) is 31.3. The number of aliphatic carboxylic acids is 1. The van der Waals surface area contributed by atoms with Gasteiger partial charge in [-0.3, -0.25) is 4.79 Å². The third kappa shape index (κ3) is 12.1. The average molecular weight is 557 g/mol. The lowest BCUT2D eigenvalue weighted by molar-refractivity contribution is -0.192. The van der Waals surface area contributed by atoms with E-state index in [4.69, 9.17) is 14.6 Å². The van der Waals surface area contributed by atoms with Crippen LogP contribution in [0.25, 0.3) is 10.2 Å². The highest BCUT2D eigenvalue weighted by atomic mass is 32.1. The number of ether oxygens (including phenoxy) is 1. The molecule has 0 spiro atoms. The summed E-state index contributed by atoms with van der Waals surface area (Å²) in [5, 5.41) is 20.5. The van der Waals surface area contributed by atoms with E-state index in [1.54, 1.807) is 6.07 Å². The monoisotopic (exact) mass is 556 g/mol. The number of aromatic amines is 1.